The Kier molecular flexibility index (Phi) is 9.05. The number of aliphatic imine (C=N–C) groups is 1. The average Bonchev–Trinajstić information content (AvgIpc) is 3.61. The van der Waals surface area contributed by atoms with E-state index in [4.69, 9.17) is 16.6 Å². The van der Waals surface area contributed by atoms with E-state index in [-0.39, 0.29) is 29.4 Å². The van der Waals surface area contributed by atoms with E-state index in [2.05, 4.69) is 53.3 Å². The predicted molar refractivity (Wildman–Crippen MR) is 163 cm³/mol. The summed E-state index contributed by atoms with van der Waals surface area (Å²) in [5, 5.41) is 16.3. The van der Waals surface area contributed by atoms with E-state index in [9.17, 15) is 14.0 Å². The molecule has 2 amide bonds. The van der Waals surface area contributed by atoms with Gasteiger partial charge in [-0.1, -0.05) is 54.9 Å². The summed E-state index contributed by atoms with van der Waals surface area (Å²) in [6.45, 7) is 10.7. The van der Waals surface area contributed by atoms with Gasteiger partial charge in [0.15, 0.2) is 5.82 Å². The lowest BCUT2D eigenvalue weighted by molar-refractivity contribution is -0.133. The molecule has 2 heterocycles. The van der Waals surface area contributed by atoms with Gasteiger partial charge in [0, 0.05) is 11.1 Å². The fourth-order valence-corrected chi connectivity index (χ4v) is 6.29. The molecule has 2 aromatic carbocycles. The van der Waals surface area contributed by atoms with Gasteiger partial charge < -0.3 is 10.2 Å². The van der Waals surface area contributed by atoms with Crippen LogP contribution in [0.2, 0.25) is 5.02 Å². The van der Waals surface area contributed by atoms with Crippen molar-refractivity contribution in [2.24, 2.45) is 16.8 Å². The van der Waals surface area contributed by atoms with Gasteiger partial charge in [-0.25, -0.2) is 4.39 Å². The van der Waals surface area contributed by atoms with Gasteiger partial charge in [0.2, 0.25) is 0 Å². The molecule has 0 bridgehead atoms. The number of nitrogens with one attached hydrogen (secondary N) is 2. The van der Waals surface area contributed by atoms with Crippen LogP contribution < -0.4 is 5.32 Å². The molecule has 3 aromatic rings. The van der Waals surface area contributed by atoms with Gasteiger partial charge in [-0.2, -0.15) is 5.21 Å². The van der Waals surface area contributed by atoms with Gasteiger partial charge in [0.25, 0.3) is 11.8 Å². The molecule has 9 nitrogen and oxygen atoms in total. The second-order valence-electron chi connectivity index (χ2n) is 12.0. The molecule has 0 radical (unpaired) electrons. The summed E-state index contributed by atoms with van der Waals surface area (Å²) in [7, 11) is 0. The first-order valence-electron chi connectivity index (χ1n) is 14.7. The van der Waals surface area contributed by atoms with Gasteiger partial charge >= 0.3 is 0 Å². The molecule has 1 aliphatic carbocycles. The zero-order chi connectivity index (χ0) is 30.7. The predicted octanol–water partition coefficient (Wildman–Crippen LogP) is 6.19. The zero-order valence-corrected chi connectivity index (χ0v) is 25.5. The van der Waals surface area contributed by atoms with Gasteiger partial charge in [0.05, 0.1) is 17.6 Å². The van der Waals surface area contributed by atoms with Crippen molar-refractivity contribution in [1.82, 2.24) is 30.8 Å². The molecular weight excluding hydrogens is 569 g/mol. The SMILES string of the molecule is C=C(C)C1CCC2(CC1)N=C(c1ccc(F)c(Cl)c1)C(=O)N2[C@H](CCC(C)C)c1ccc(C(=O)NCc2nn[nH]n2)cc1. The Balaban J connectivity index is 1.48. The molecule has 0 unspecified atom stereocenters. The minimum absolute atomic E-state index is 0.0453. The topological polar surface area (TPSA) is 116 Å². The van der Waals surface area contributed by atoms with E-state index in [1.807, 2.05) is 17.0 Å². The molecule has 11 heteroatoms. The largest absolute Gasteiger partial charge is 0.345 e. The summed E-state index contributed by atoms with van der Waals surface area (Å²) in [5.41, 5.74) is 2.64. The maximum atomic E-state index is 14.4. The van der Waals surface area contributed by atoms with Crippen molar-refractivity contribution in [2.45, 2.75) is 77.5 Å². The van der Waals surface area contributed by atoms with Crippen molar-refractivity contribution in [3.05, 3.63) is 88.0 Å². The number of halogens is 2. The maximum Gasteiger partial charge on any atom is 0.275 e. The Hall–Kier alpha value is -3.92. The number of amides is 2. The Morgan fingerprint density at radius 2 is 1.91 bits per heavy atom. The molecule has 2 aliphatic rings. The van der Waals surface area contributed by atoms with Crippen molar-refractivity contribution < 1.29 is 14.0 Å². The lowest BCUT2D eigenvalue weighted by Crippen LogP contribution is -2.51. The number of carbonyl (C=O) groups is 2. The number of tetrazole rings is 1. The highest BCUT2D eigenvalue weighted by molar-refractivity contribution is 6.47. The van der Waals surface area contributed by atoms with Gasteiger partial charge in [-0.15, -0.1) is 10.2 Å². The lowest BCUT2D eigenvalue weighted by Gasteiger charge is -2.45. The molecule has 1 atom stereocenters. The summed E-state index contributed by atoms with van der Waals surface area (Å²) < 4.78 is 14.0. The van der Waals surface area contributed by atoms with E-state index in [1.54, 1.807) is 18.2 Å². The highest BCUT2D eigenvalue weighted by Crippen LogP contribution is 2.48. The fourth-order valence-electron chi connectivity index (χ4n) is 6.11. The van der Waals surface area contributed by atoms with Crippen LogP contribution in [0.5, 0.6) is 0 Å². The van der Waals surface area contributed by atoms with Crippen LogP contribution in [0.4, 0.5) is 4.39 Å². The second kappa shape index (κ2) is 12.8. The maximum absolute atomic E-state index is 14.4. The summed E-state index contributed by atoms with van der Waals surface area (Å²) >= 11 is 6.13. The third-order valence-electron chi connectivity index (χ3n) is 8.55. The number of aromatic nitrogens is 4. The summed E-state index contributed by atoms with van der Waals surface area (Å²) in [6, 6.07) is 11.4. The number of aromatic amines is 1. The minimum Gasteiger partial charge on any atom is -0.345 e. The standard InChI is InChI=1S/C32H37ClFN7O2/c1-19(2)5-12-27(22-6-8-23(9-7-22)30(42)35-18-28-37-39-40-38-28)41-31(43)29(24-10-11-26(34)25(33)17-24)36-32(41)15-13-21(14-16-32)20(3)4/h6-11,17,19,21,27H,3,5,12-16,18H2,1-2,4H3,(H,35,42)(H,37,38,39,40)/t21?,27-,32?/m1/s1. The van der Waals surface area contributed by atoms with Crippen LogP contribution >= 0.6 is 11.6 Å². The van der Waals surface area contributed by atoms with Crippen LogP contribution in [0.1, 0.15) is 92.6 Å². The quantitative estimate of drug-likeness (QED) is 0.267. The lowest BCUT2D eigenvalue weighted by atomic mass is 9.77. The average molecular weight is 606 g/mol. The van der Waals surface area contributed by atoms with Crippen molar-refractivity contribution in [3.8, 4) is 0 Å². The van der Waals surface area contributed by atoms with Gasteiger partial charge in [0.1, 0.15) is 17.2 Å². The number of allylic oxidation sites excluding steroid dienone is 1. The Bertz CT molecular complexity index is 1510. The van der Waals surface area contributed by atoms with E-state index < -0.39 is 11.5 Å². The first-order chi connectivity index (χ1) is 20.6. The van der Waals surface area contributed by atoms with Gasteiger partial charge in [-0.05, 0) is 93.2 Å². The van der Waals surface area contributed by atoms with E-state index >= 15 is 0 Å². The van der Waals surface area contributed by atoms with Crippen LogP contribution in [0.15, 0.2) is 59.6 Å². The third-order valence-corrected chi connectivity index (χ3v) is 8.84. The van der Waals surface area contributed by atoms with Crippen LogP contribution in [-0.2, 0) is 11.3 Å². The normalized spacial score (nSPS) is 20.9. The molecule has 1 saturated carbocycles. The summed E-state index contributed by atoms with van der Waals surface area (Å²) in [4.78, 5) is 34.3. The molecular formula is C32H37ClFN7O2. The molecule has 43 heavy (non-hydrogen) atoms. The van der Waals surface area contributed by atoms with Gasteiger partial charge in [-0.3, -0.25) is 14.6 Å². The molecule has 1 fully saturated rings. The minimum atomic E-state index is -0.735. The van der Waals surface area contributed by atoms with E-state index in [0.29, 0.717) is 47.3 Å². The molecule has 1 spiro atoms. The van der Waals surface area contributed by atoms with Crippen LogP contribution in [0, 0.1) is 17.7 Å². The van der Waals surface area contributed by atoms with E-state index in [1.165, 1.54) is 12.1 Å². The van der Waals surface area contributed by atoms with Crippen molar-refractivity contribution in [1.29, 1.82) is 0 Å². The van der Waals surface area contributed by atoms with Crippen molar-refractivity contribution in [2.75, 3.05) is 0 Å². The number of benzene rings is 2. The highest BCUT2D eigenvalue weighted by atomic mass is 35.5. The van der Waals surface area contributed by atoms with Crippen LogP contribution in [-0.4, -0.2) is 48.7 Å². The Morgan fingerprint density at radius 1 is 1.19 bits per heavy atom. The smallest absolute Gasteiger partial charge is 0.275 e. The number of hydrogen-bond donors (Lipinski definition) is 2. The molecule has 0 saturated heterocycles. The number of carbonyl (C=O) groups excluding carboxylic acids is 2. The monoisotopic (exact) mass is 605 g/mol. The number of hydrogen-bond acceptors (Lipinski definition) is 6. The Morgan fingerprint density at radius 3 is 2.51 bits per heavy atom. The summed E-state index contributed by atoms with van der Waals surface area (Å²) in [5.74, 6) is 0.188. The molecule has 226 valence electrons. The zero-order valence-electron chi connectivity index (χ0n) is 24.7. The highest BCUT2D eigenvalue weighted by Gasteiger charge is 2.51. The third kappa shape index (κ3) is 6.54. The molecule has 2 N–H and O–H groups in total. The van der Waals surface area contributed by atoms with Crippen LogP contribution in [0.3, 0.4) is 0 Å². The number of rotatable bonds is 10. The molecule has 1 aromatic heterocycles. The first-order valence-corrected chi connectivity index (χ1v) is 15.1. The fraction of sp³-hybridized carbons (Fsp3) is 0.438. The number of H-pyrrole nitrogens is 1. The van der Waals surface area contributed by atoms with Crippen LogP contribution in [0.25, 0.3) is 0 Å². The second-order valence-corrected chi connectivity index (χ2v) is 12.4. The molecule has 1 aliphatic heterocycles. The van der Waals surface area contributed by atoms with Crippen molar-refractivity contribution in [3.63, 3.8) is 0 Å². The first kappa shape index (κ1) is 30.5. The molecule has 5 rings (SSSR count). The van der Waals surface area contributed by atoms with E-state index in [0.717, 1.165) is 36.8 Å². The number of nitrogens with zero attached hydrogens (tertiary/aromatic N) is 5. The Labute approximate surface area is 256 Å². The van der Waals surface area contributed by atoms with Crippen molar-refractivity contribution >= 4 is 29.1 Å². The summed E-state index contributed by atoms with van der Waals surface area (Å²) in [6.07, 6.45) is 4.76.